The van der Waals surface area contributed by atoms with Crippen LogP contribution in [-0.2, 0) is 10.8 Å². The van der Waals surface area contributed by atoms with E-state index in [0.29, 0.717) is 0 Å². The van der Waals surface area contributed by atoms with E-state index in [0.717, 1.165) is 17.7 Å². The fourth-order valence-corrected chi connectivity index (χ4v) is 5.19. The summed E-state index contributed by atoms with van der Waals surface area (Å²) < 4.78 is 0. The summed E-state index contributed by atoms with van der Waals surface area (Å²) in [5, 5.41) is 0. The molecule has 2 nitrogen and oxygen atoms in total. The summed E-state index contributed by atoms with van der Waals surface area (Å²) in [7, 11) is 0. The highest BCUT2D eigenvalue weighted by atomic mass is 16.2. The lowest BCUT2D eigenvalue weighted by molar-refractivity contribution is 0.0948. The Kier molecular flexibility index (Phi) is 5.08. The molecule has 1 amide bonds. The summed E-state index contributed by atoms with van der Waals surface area (Å²) in [5.74, 6) is 0.0630. The molecule has 31 heavy (non-hydrogen) atoms. The van der Waals surface area contributed by atoms with Crippen LogP contribution in [-0.4, -0.2) is 11.4 Å². The van der Waals surface area contributed by atoms with Gasteiger partial charge in [0.2, 0.25) is 0 Å². The summed E-state index contributed by atoms with van der Waals surface area (Å²) in [6.07, 6.45) is 0.854. The number of hydrogen-bond acceptors (Lipinski definition) is 1. The number of para-hydroxylation sites is 1. The molecule has 0 aliphatic carbocycles. The van der Waals surface area contributed by atoms with Crippen LogP contribution < -0.4 is 4.90 Å². The van der Waals surface area contributed by atoms with Crippen molar-refractivity contribution in [2.75, 3.05) is 4.90 Å². The molecule has 0 bridgehead atoms. The lowest BCUT2D eigenvalue weighted by Gasteiger charge is -2.51. The number of hydrogen-bond donors (Lipinski definition) is 0. The van der Waals surface area contributed by atoms with Gasteiger partial charge >= 0.3 is 0 Å². The smallest absolute Gasteiger partial charge is 0.258 e. The highest BCUT2D eigenvalue weighted by molar-refractivity contribution is 6.08. The van der Waals surface area contributed by atoms with Crippen LogP contribution in [0.1, 0.15) is 75.0 Å². The van der Waals surface area contributed by atoms with Crippen molar-refractivity contribution in [1.82, 2.24) is 0 Å². The molecule has 2 heteroatoms. The predicted octanol–water partition coefficient (Wildman–Crippen LogP) is 7.12. The van der Waals surface area contributed by atoms with Crippen LogP contribution in [0.2, 0.25) is 0 Å². The molecular formula is C29H33NO. The fourth-order valence-electron chi connectivity index (χ4n) is 5.19. The molecule has 1 atom stereocenters. The molecule has 0 fully saturated rings. The number of fused-ring (bicyclic) bond motifs is 1. The number of amides is 1. The predicted molar refractivity (Wildman–Crippen MR) is 130 cm³/mol. The zero-order valence-electron chi connectivity index (χ0n) is 19.6. The van der Waals surface area contributed by atoms with Crippen molar-refractivity contribution in [3.8, 4) is 0 Å². The standard InChI is InChI=1S/C29H33NO/c1-27(2,3)22-18-16-21(17-19-22)26(31)30-25-15-11-10-14-24(25)29(6,20-28(30,4)5)23-12-8-7-9-13-23/h7-19H,20H2,1-6H3. The second kappa shape index (κ2) is 7.37. The Bertz CT molecular complexity index is 1090. The van der Waals surface area contributed by atoms with Gasteiger partial charge < -0.3 is 4.90 Å². The number of carbonyl (C=O) groups is 1. The maximum Gasteiger partial charge on any atom is 0.258 e. The topological polar surface area (TPSA) is 20.3 Å². The van der Waals surface area contributed by atoms with Crippen LogP contribution in [0, 0.1) is 0 Å². The first-order chi connectivity index (χ1) is 14.5. The van der Waals surface area contributed by atoms with E-state index in [1.54, 1.807) is 0 Å². The Morgan fingerprint density at radius 2 is 1.39 bits per heavy atom. The Morgan fingerprint density at radius 1 is 0.806 bits per heavy atom. The Labute approximate surface area is 186 Å². The highest BCUT2D eigenvalue weighted by Gasteiger charge is 2.47. The molecule has 0 radical (unpaired) electrons. The minimum absolute atomic E-state index is 0.0630. The zero-order valence-corrected chi connectivity index (χ0v) is 19.6. The molecule has 4 rings (SSSR count). The van der Waals surface area contributed by atoms with Crippen LogP contribution in [0.3, 0.4) is 0 Å². The average Bonchev–Trinajstić information content (AvgIpc) is 2.73. The first-order valence-corrected chi connectivity index (χ1v) is 11.1. The molecule has 1 aliphatic rings. The quantitative estimate of drug-likeness (QED) is 0.440. The van der Waals surface area contributed by atoms with E-state index >= 15 is 0 Å². The monoisotopic (exact) mass is 411 g/mol. The van der Waals surface area contributed by atoms with Gasteiger partial charge in [-0.3, -0.25) is 4.79 Å². The fraction of sp³-hybridized carbons (Fsp3) is 0.345. The number of rotatable bonds is 2. The van der Waals surface area contributed by atoms with Gasteiger partial charge in [-0.2, -0.15) is 0 Å². The van der Waals surface area contributed by atoms with E-state index in [9.17, 15) is 4.79 Å². The van der Waals surface area contributed by atoms with Crippen molar-refractivity contribution < 1.29 is 4.79 Å². The second-order valence-electron chi connectivity index (χ2n) is 10.7. The average molecular weight is 412 g/mol. The maximum atomic E-state index is 13.8. The molecule has 0 saturated carbocycles. The van der Waals surface area contributed by atoms with Crippen molar-refractivity contribution in [1.29, 1.82) is 0 Å². The largest absolute Gasteiger partial charge is 0.302 e. The van der Waals surface area contributed by atoms with E-state index in [4.69, 9.17) is 0 Å². The van der Waals surface area contributed by atoms with E-state index < -0.39 is 0 Å². The van der Waals surface area contributed by atoms with Gasteiger partial charge in [0, 0.05) is 22.2 Å². The Balaban J connectivity index is 1.81. The van der Waals surface area contributed by atoms with E-state index in [1.807, 2.05) is 23.1 Å². The van der Waals surface area contributed by atoms with Gasteiger partial charge in [0.25, 0.3) is 5.91 Å². The minimum Gasteiger partial charge on any atom is -0.302 e. The highest BCUT2D eigenvalue weighted by Crippen LogP contribution is 2.50. The normalized spacial score (nSPS) is 20.3. The summed E-state index contributed by atoms with van der Waals surface area (Å²) in [6.45, 7) is 13.3. The molecule has 0 saturated heterocycles. The third kappa shape index (κ3) is 3.69. The van der Waals surface area contributed by atoms with Crippen LogP contribution in [0.4, 0.5) is 5.69 Å². The van der Waals surface area contributed by atoms with Gasteiger partial charge in [-0.05, 0) is 60.6 Å². The number of anilines is 1. The van der Waals surface area contributed by atoms with Crippen molar-refractivity contribution in [3.63, 3.8) is 0 Å². The number of carbonyl (C=O) groups excluding carboxylic acids is 1. The van der Waals surface area contributed by atoms with Crippen molar-refractivity contribution in [3.05, 3.63) is 101 Å². The maximum absolute atomic E-state index is 13.8. The van der Waals surface area contributed by atoms with Gasteiger partial charge in [-0.25, -0.2) is 0 Å². The molecule has 160 valence electrons. The Morgan fingerprint density at radius 3 is 2.00 bits per heavy atom. The molecule has 3 aromatic rings. The van der Waals surface area contributed by atoms with Gasteiger partial charge in [0.15, 0.2) is 0 Å². The lowest BCUT2D eigenvalue weighted by atomic mass is 9.65. The van der Waals surface area contributed by atoms with Crippen molar-refractivity contribution in [2.45, 2.75) is 64.3 Å². The second-order valence-corrected chi connectivity index (χ2v) is 10.7. The summed E-state index contributed by atoms with van der Waals surface area (Å²) in [4.78, 5) is 15.8. The van der Waals surface area contributed by atoms with Crippen LogP contribution in [0.5, 0.6) is 0 Å². The molecule has 0 spiro atoms. The number of nitrogens with zero attached hydrogens (tertiary/aromatic N) is 1. The van der Waals surface area contributed by atoms with E-state index in [1.165, 1.54) is 16.7 Å². The first-order valence-electron chi connectivity index (χ1n) is 11.1. The summed E-state index contributed by atoms with van der Waals surface area (Å²) in [6, 6.07) is 27.2. The van der Waals surface area contributed by atoms with Crippen LogP contribution in [0.25, 0.3) is 0 Å². The van der Waals surface area contributed by atoms with Gasteiger partial charge in [-0.1, -0.05) is 88.4 Å². The third-order valence-corrected chi connectivity index (χ3v) is 6.74. The molecule has 0 N–H and O–H groups in total. The van der Waals surface area contributed by atoms with Crippen LogP contribution >= 0.6 is 0 Å². The van der Waals surface area contributed by atoms with Gasteiger partial charge in [0.05, 0.1) is 0 Å². The van der Waals surface area contributed by atoms with Crippen molar-refractivity contribution >= 4 is 11.6 Å². The lowest BCUT2D eigenvalue weighted by Crippen LogP contribution is -2.55. The molecule has 1 heterocycles. The molecule has 1 unspecified atom stereocenters. The zero-order chi connectivity index (χ0) is 22.4. The third-order valence-electron chi connectivity index (χ3n) is 6.74. The van der Waals surface area contributed by atoms with E-state index in [-0.39, 0.29) is 22.3 Å². The molecular weight excluding hydrogens is 378 g/mol. The molecule has 0 aromatic heterocycles. The molecule has 3 aromatic carbocycles. The van der Waals surface area contributed by atoms with Gasteiger partial charge in [0.1, 0.15) is 0 Å². The summed E-state index contributed by atoms with van der Waals surface area (Å²) >= 11 is 0. The number of benzene rings is 3. The first kappa shape index (κ1) is 21.4. The van der Waals surface area contributed by atoms with E-state index in [2.05, 4.69) is 102 Å². The SMILES string of the molecule is CC(C)(C)c1ccc(C(=O)N2c3ccccc3C(C)(c3ccccc3)CC2(C)C)cc1. The van der Waals surface area contributed by atoms with Crippen molar-refractivity contribution in [2.24, 2.45) is 0 Å². The van der Waals surface area contributed by atoms with Crippen LogP contribution in [0.15, 0.2) is 78.9 Å². The Hall–Kier alpha value is -2.87. The minimum atomic E-state index is -0.335. The summed E-state index contributed by atoms with van der Waals surface area (Å²) in [5.41, 5.74) is 5.05. The van der Waals surface area contributed by atoms with Gasteiger partial charge in [-0.15, -0.1) is 0 Å². The molecule has 1 aliphatic heterocycles.